The molecule has 0 bridgehead atoms. The summed E-state index contributed by atoms with van der Waals surface area (Å²) in [5.74, 6) is -3.32. The average Bonchev–Trinajstić information content (AvgIpc) is 2.49. The Hall–Kier alpha value is -1.20. The number of esters is 2. The number of hydrogen-bond donors (Lipinski definition) is 2. The molecule has 3 atom stereocenters. The van der Waals surface area contributed by atoms with Gasteiger partial charge in [-0.05, 0) is 20.8 Å². The van der Waals surface area contributed by atoms with Crippen LogP contribution < -0.4 is 29.6 Å². The van der Waals surface area contributed by atoms with Crippen LogP contribution in [0.3, 0.4) is 0 Å². The van der Waals surface area contributed by atoms with E-state index >= 15 is 0 Å². The van der Waals surface area contributed by atoms with Gasteiger partial charge in [-0.25, -0.2) is 9.59 Å². The molecule has 0 rings (SSSR count). The summed E-state index contributed by atoms with van der Waals surface area (Å²) in [5, 5.41) is 7.51. The maximum absolute atomic E-state index is 11.7. The van der Waals surface area contributed by atoms with Gasteiger partial charge in [0.05, 0.1) is 17.1 Å². The fourth-order valence-corrected chi connectivity index (χ4v) is 3.65. The monoisotopic (exact) mass is 402 g/mol. The van der Waals surface area contributed by atoms with Gasteiger partial charge in [0.1, 0.15) is 12.2 Å². The largest absolute Gasteiger partial charge is 1.00 e. The number of ether oxygens (including phenoxy) is 2. The minimum Gasteiger partial charge on any atom is -1.00 e. The number of carbonyl (C=O) groups excluding carboxylic acids is 2. The molecule has 3 unspecified atom stereocenters. The molecule has 0 aliphatic carbocycles. The summed E-state index contributed by atoms with van der Waals surface area (Å²) >= 11 is 0. The first-order chi connectivity index (χ1) is 11.3. The molecule has 0 aromatic rings. The first kappa shape index (κ1) is 27.0. The van der Waals surface area contributed by atoms with Gasteiger partial charge in [0.2, 0.25) is 0 Å². The second-order valence-corrected chi connectivity index (χ2v) is 7.14. The zero-order valence-electron chi connectivity index (χ0n) is 16.2. The molecule has 0 aliphatic rings. The van der Waals surface area contributed by atoms with E-state index in [2.05, 4.69) is 13.2 Å². The molecule has 144 valence electrons. The molecule has 0 aromatic heterocycles. The Morgan fingerprint density at radius 3 is 1.65 bits per heavy atom. The van der Waals surface area contributed by atoms with E-state index in [0.717, 1.165) is 19.1 Å². The number of rotatable bonds is 10. The molecule has 0 aliphatic heterocycles. The van der Waals surface area contributed by atoms with Gasteiger partial charge >= 0.3 is 47.5 Å². The quantitative estimate of drug-likeness (QED) is 0.185. The summed E-state index contributed by atoms with van der Waals surface area (Å²) in [7, 11) is -4.78. The first-order valence-corrected chi connectivity index (χ1v) is 8.67. The van der Waals surface area contributed by atoms with Gasteiger partial charge in [-0.2, -0.15) is 8.42 Å². The average molecular weight is 402 g/mol. The fraction of sp³-hybridized carbons (Fsp3) is 0.533. The van der Waals surface area contributed by atoms with Gasteiger partial charge in [0, 0.05) is 12.2 Å². The fourth-order valence-electron chi connectivity index (χ4n) is 2.63. The molecular weight excluding hydrogens is 379 g/mol. The third-order valence-corrected chi connectivity index (χ3v) is 5.43. The van der Waals surface area contributed by atoms with Crippen LogP contribution in [0.4, 0.5) is 0 Å². The van der Waals surface area contributed by atoms with Crippen LogP contribution in [-0.2, 0) is 34.0 Å². The van der Waals surface area contributed by atoms with Crippen molar-refractivity contribution in [2.24, 2.45) is 5.41 Å². The Bertz CT molecular complexity index is 634. The Morgan fingerprint density at radius 1 is 1.08 bits per heavy atom. The van der Waals surface area contributed by atoms with Crippen molar-refractivity contribution in [2.45, 2.75) is 44.6 Å². The Kier molecular flexibility index (Phi) is 11.3. The third-order valence-electron chi connectivity index (χ3n) is 4.09. The van der Waals surface area contributed by atoms with Crippen molar-refractivity contribution in [3.8, 4) is 0 Å². The molecule has 0 fully saturated rings. The van der Waals surface area contributed by atoms with Crippen molar-refractivity contribution < 1.29 is 72.9 Å². The van der Waals surface area contributed by atoms with Crippen LogP contribution in [0.15, 0.2) is 25.3 Å². The molecule has 9 nitrogen and oxygen atoms in total. The summed E-state index contributed by atoms with van der Waals surface area (Å²) in [6.07, 6.45) is -1.98. The van der Waals surface area contributed by atoms with E-state index in [0.29, 0.717) is 0 Å². The summed E-state index contributed by atoms with van der Waals surface area (Å²) in [5.41, 5.74) is -1.98. The van der Waals surface area contributed by atoms with Gasteiger partial charge in [-0.3, -0.25) is 9.35 Å². The second kappa shape index (κ2) is 10.8. The zero-order chi connectivity index (χ0) is 20.0. The van der Waals surface area contributed by atoms with Gasteiger partial charge in [-0.15, -0.1) is 0 Å². The van der Waals surface area contributed by atoms with Crippen LogP contribution in [0.1, 0.15) is 28.6 Å². The van der Waals surface area contributed by atoms with E-state index in [9.17, 15) is 32.5 Å². The standard InChI is InChI=1S/C15H22O9S.Na.H/c1-6-13(18)23-9(3)15(8-12(16)17,11(5)25(20,21)22)10(4)24-14(19)7-2;;/h6-7,9-11H,1-2,8H2,3-5H3,(H,16,17)(H,20,21,22);;/q;+1;-1. The van der Waals surface area contributed by atoms with Crippen LogP contribution in [0, 0.1) is 5.41 Å². The smallest absolute Gasteiger partial charge is 1.00 e. The molecule has 0 radical (unpaired) electrons. The predicted octanol–water partition coefficient (Wildman–Crippen LogP) is -1.92. The van der Waals surface area contributed by atoms with E-state index in [4.69, 9.17) is 9.47 Å². The van der Waals surface area contributed by atoms with E-state index in [-0.39, 0.29) is 31.0 Å². The summed E-state index contributed by atoms with van der Waals surface area (Å²) < 4.78 is 42.9. The van der Waals surface area contributed by atoms with Crippen LogP contribution in [0.25, 0.3) is 0 Å². The number of carbonyl (C=O) groups is 3. The molecular formula is C15H23NaO9S. The van der Waals surface area contributed by atoms with Crippen LogP contribution in [-0.4, -0.2) is 53.4 Å². The van der Waals surface area contributed by atoms with Gasteiger partial charge in [0.25, 0.3) is 10.1 Å². The predicted molar refractivity (Wildman–Crippen MR) is 88.3 cm³/mol. The topological polar surface area (TPSA) is 144 Å². The van der Waals surface area contributed by atoms with Crippen LogP contribution in [0.5, 0.6) is 0 Å². The number of aliphatic carboxylic acids is 1. The number of hydrogen-bond acceptors (Lipinski definition) is 7. The third kappa shape index (κ3) is 6.84. The second-order valence-electron chi connectivity index (χ2n) is 5.41. The summed E-state index contributed by atoms with van der Waals surface area (Å²) in [6.45, 7) is 9.92. The van der Waals surface area contributed by atoms with E-state index in [1.165, 1.54) is 13.8 Å². The van der Waals surface area contributed by atoms with Gasteiger partial charge < -0.3 is 16.0 Å². The zero-order valence-corrected chi connectivity index (χ0v) is 18.0. The Morgan fingerprint density at radius 2 is 1.42 bits per heavy atom. The van der Waals surface area contributed by atoms with E-state index in [1.54, 1.807) is 0 Å². The van der Waals surface area contributed by atoms with Crippen LogP contribution >= 0.6 is 0 Å². The van der Waals surface area contributed by atoms with Gasteiger partial charge in [0.15, 0.2) is 0 Å². The number of carboxylic acid groups (broad SMARTS) is 1. The van der Waals surface area contributed by atoms with E-state index in [1.807, 2.05) is 0 Å². The number of carboxylic acids is 1. The molecule has 26 heavy (non-hydrogen) atoms. The maximum atomic E-state index is 11.7. The van der Waals surface area contributed by atoms with Gasteiger partial charge in [-0.1, -0.05) is 13.2 Å². The molecule has 11 heteroatoms. The SMILES string of the molecule is C=CC(=O)OC(C)C(CC(=O)O)(C(C)OC(=O)C=C)C(C)S(=O)(=O)O.[H-].[Na+]. The van der Waals surface area contributed by atoms with Crippen molar-refractivity contribution >= 4 is 28.0 Å². The van der Waals surface area contributed by atoms with Crippen molar-refractivity contribution in [1.82, 2.24) is 0 Å². The molecule has 0 heterocycles. The minimum atomic E-state index is -4.78. The molecule has 2 N–H and O–H groups in total. The maximum Gasteiger partial charge on any atom is 1.00 e. The normalized spacial score (nSPS) is 16.6. The van der Waals surface area contributed by atoms with Crippen molar-refractivity contribution in [3.05, 3.63) is 25.3 Å². The molecule has 0 saturated heterocycles. The Balaban J connectivity index is -0.00000288. The summed E-state index contributed by atoms with van der Waals surface area (Å²) in [6, 6.07) is 0. The molecule has 0 spiro atoms. The molecule has 0 amide bonds. The summed E-state index contributed by atoms with van der Waals surface area (Å²) in [4.78, 5) is 34.4. The minimum absolute atomic E-state index is 0. The van der Waals surface area contributed by atoms with Crippen molar-refractivity contribution in [2.75, 3.05) is 0 Å². The Labute approximate surface area is 176 Å². The van der Waals surface area contributed by atoms with Crippen LogP contribution in [0.2, 0.25) is 0 Å². The van der Waals surface area contributed by atoms with E-state index < -0.39 is 57.3 Å². The van der Waals surface area contributed by atoms with Crippen molar-refractivity contribution in [1.29, 1.82) is 0 Å². The molecule has 0 aromatic carbocycles. The first-order valence-electron chi connectivity index (χ1n) is 7.17. The molecule has 0 saturated carbocycles. The van der Waals surface area contributed by atoms with Crippen molar-refractivity contribution in [3.63, 3.8) is 0 Å².